The highest BCUT2D eigenvalue weighted by Gasteiger charge is 2.37. The Kier molecular flexibility index (Phi) is 8.12. The van der Waals surface area contributed by atoms with Gasteiger partial charge in [-0.2, -0.15) is 13.2 Å². The number of rotatable bonds is 9. The molecule has 0 aliphatic carbocycles. The summed E-state index contributed by atoms with van der Waals surface area (Å²) in [6, 6.07) is 7.44. The van der Waals surface area contributed by atoms with Gasteiger partial charge in [-0.05, 0) is 36.8 Å². The van der Waals surface area contributed by atoms with Gasteiger partial charge < -0.3 is 19.7 Å². The van der Waals surface area contributed by atoms with Crippen molar-refractivity contribution in [2.75, 3.05) is 26.1 Å². The van der Waals surface area contributed by atoms with Crippen LogP contribution in [0.15, 0.2) is 47.6 Å². The van der Waals surface area contributed by atoms with Crippen molar-refractivity contribution in [3.8, 4) is 5.75 Å². The fourth-order valence-corrected chi connectivity index (χ4v) is 4.60. The van der Waals surface area contributed by atoms with Crippen LogP contribution in [0.2, 0.25) is 0 Å². The van der Waals surface area contributed by atoms with Crippen molar-refractivity contribution in [3.63, 3.8) is 0 Å². The number of unbranched alkanes of at least 4 members (excludes halogenated alkanes) is 2. The SMILES string of the molecule is CCCCCOc1ccc(NC2SC(C(=O)OC)=C(c3cccnc3)N2C)cc1C(F)(F)F. The van der Waals surface area contributed by atoms with Crippen molar-refractivity contribution in [1.82, 2.24) is 9.88 Å². The maximum absolute atomic E-state index is 13.7. The second-order valence-corrected chi connectivity index (χ2v) is 8.49. The summed E-state index contributed by atoms with van der Waals surface area (Å²) in [5.41, 5.74) is 0.160. The molecular weight excluding hydrogens is 455 g/mol. The summed E-state index contributed by atoms with van der Waals surface area (Å²) in [5, 5.41) is 3.08. The Labute approximate surface area is 195 Å². The molecule has 0 bridgehead atoms. The third-order valence-corrected chi connectivity index (χ3v) is 6.29. The quantitative estimate of drug-likeness (QED) is 0.370. The Balaban J connectivity index is 1.84. The first-order valence-corrected chi connectivity index (χ1v) is 11.4. The van der Waals surface area contributed by atoms with Crippen LogP contribution in [0.1, 0.15) is 37.3 Å². The van der Waals surface area contributed by atoms with Gasteiger partial charge in [-0.15, -0.1) is 0 Å². The molecule has 1 atom stereocenters. The number of benzene rings is 1. The summed E-state index contributed by atoms with van der Waals surface area (Å²) >= 11 is 1.17. The topological polar surface area (TPSA) is 63.7 Å². The zero-order valence-corrected chi connectivity index (χ0v) is 19.4. The number of anilines is 1. The Morgan fingerprint density at radius 2 is 2.06 bits per heavy atom. The van der Waals surface area contributed by atoms with Gasteiger partial charge in [0, 0.05) is 30.7 Å². The van der Waals surface area contributed by atoms with Crippen LogP contribution in [0.25, 0.3) is 5.70 Å². The van der Waals surface area contributed by atoms with Gasteiger partial charge in [-0.1, -0.05) is 31.5 Å². The molecule has 10 heteroatoms. The lowest BCUT2D eigenvalue weighted by atomic mass is 10.1. The van der Waals surface area contributed by atoms with E-state index in [2.05, 4.69) is 10.3 Å². The first-order valence-electron chi connectivity index (χ1n) is 10.5. The van der Waals surface area contributed by atoms with Gasteiger partial charge in [-0.3, -0.25) is 4.98 Å². The first kappa shape index (κ1) is 24.8. The van der Waals surface area contributed by atoms with Crippen LogP contribution in [0.3, 0.4) is 0 Å². The number of halogens is 3. The number of methoxy groups -OCH3 is 1. The average molecular weight is 482 g/mol. The molecule has 0 fully saturated rings. The molecule has 0 saturated carbocycles. The van der Waals surface area contributed by atoms with Gasteiger partial charge in [0.2, 0.25) is 0 Å². The molecule has 33 heavy (non-hydrogen) atoms. The van der Waals surface area contributed by atoms with Crippen molar-refractivity contribution in [1.29, 1.82) is 0 Å². The van der Waals surface area contributed by atoms with E-state index in [4.69, 9.17) is 9.47 Å². The van der Waals surface area contributed by atoms with Crippen LogP contribution in [-0.4, -0.2) is 42.1 Å². The molecule has 2 aromatic rings. The standard InChI is InChI=1S/C23H26F3N3O3S/c1-4-5-6-12-32-18-10-9-16(13-17(18)23(24,25)26)28-22-29(2)19(15-8-7-11-27-14-15)20(33-22)21(30)31-3/h7-11,13-14,22,28H,4-6,12H2,1-3H3. The minimum Gasteiger partial charge on any atom is -0.493 e. The number of pyridine rings is 1. The fourth-order valence-electron chi connectivity index (χ4n) is 3.37. The number of aromatic nitrogens is 1. The Bertz CT molecular complexity index is 999. The molecule has 6 nitrogen and oxygen atoms in total. The molecule has 178 valence electrons. The molecule has 1 N–H and O–H groups in total. The van der Waals surface area contributed by atoms with Gasteiger partial charge in [-0.25, -0.2) is 4.79 Å². The number of carbonyl (C=O) groups excluding carboxylic acids is 1. The van der Waals surface area contributed by atoms with Gasteiger partial charge in [0.15, 0.2) is 5.50 Å². The number of esters is 1. The number of ether oxygens (including phenoxy) is 2. The van der Waals surface area contributed by atoms with Crippen LogP contribution in [0.5, 0.6) is 5.75 Å². The van der Waals surface area contributed by atoms with E-state index in [1.807, 2.05) is 6.92 Å². The van der Waals surface area contributed by atoms with E-state index in [0.717, 1.165) is 18.9 Å². The monoisotopic (exact) mass is 481 g/mol. The summed E-state index contributed by atoms with van der Waals surface area (Å²) in [6.07, 6.45) is 1.20. The highest BCUT2D eigenvalue weighted by atomic mass is 32.2. The predicted octanol–water partition coefficient (Wildman–Crippen LogP) is 5.59. The minimum absolute atomic E-state index is 0.194. The fraction of sp³-hybridized carbons (Fsp3) is 0.391. The number of nitrogens with one attached hydrogen (secondary N) is 1. The smallest absolute Gasteiger partial charge is 0.420 e. The van der Waals surface area contributed by atoms with Gasteiger partial charge in [0.05, 0.1) is 25.0 Å². The van der Waals surface area contributed by atoms with Crippen molar-refractivity contribution >= 4 is 29.1 Å². The zero-order chi connectivity index (χ0) is 24.0. The van der Waals surface area contributed by atoms with Crippen molar-refractivity contribution in [3.05, 3.63) is 58.8 Å². The second-order valence-electron chi connectivity index (χ2n) is 7.40. The maximum atomic E-state index is 13.7. The second kappa shape index (κ2) is 10.8. The third-order valence-electron chi connectivity index (χ3n) is 5.04. The molecule has 3 rings (SSSR count). The molecule has 1 aromatic carbocycles. The summed E-state index contributed by atoms with van der Waals surface area (Å²) in [6.45, 7) is 2.24. The highest BCUT2D eigenvalue weighted by molar-refractivity contribution is 8.05. The summed E-state index contributed by atoms with van der Waals surface area (Å²) in [5.74, 6) is -0.720. The summed E-state index contributed by atoms with van der Waals surface area (Å²) in [7, 11) is 3.03. The molecule has 0 amide bonds. The predicted molar refractivity (Wildman–Crippen MR) is 122 cm³/mol. The number of thioether (sulfide) groups is 1. The molecule has 1 unspecified atom stereocenters. The maximum Gasteiger partial charge on any atom is 0.420 e. The Morgan fingerprint density at radius 3 is 2.70 bits per heavy atom. The van der Waals surface area contributed by atoms with E-state index in [1.54, 1.807) is 42.5 Å². The van der Waals surface area contributed by atoms with E-state index in [1.165, 1.54) is 24.9 Å². The lowest BCUT2D eigenvalue weighted by Gasteiger charge is -2.26. The lowest BCUT2D eigenvalue weighted by molar-refractivity contribution is -0.139. The Hall–Kier alpha value is -2.88. The van der Waals surface area contributed by atoms with Gasteiger partial charge in [0.1, 0.15) is 10.7 Å². The minimum atomic E-state index is -4.57. The van der Waals surface area contributed by atoms with Crippen LogP contribution in [0, 0.1) is 0 Å². The molecule has 0 spiro atoms. The van der Waals surface area contributed by atoms with Gasteiger partial charge >= 0.3 is 12.1 Å². The Morgan fingerprint density at radius 1 is 1.27 bits per heavy atom. The molecule has 1 aromatic heterocycles. The van der Waals surface area contributed by atoms with Crippen molar-refractivity contribution in [2.24, 2.45) is 0 Å². The van der Waals surface area contributed by atoms with Crippen molar-refractivity contribution < 1.29 is 27.4 Å². The largest absolute Gasteiger partial charge is 0.493 e. The molecule has 0 saturated heterocycles. The molecule has 0 radical (unpaired) electrons. The van der Waals surface area contributed by atoms with E-state index in [0.29, 0.717) is 22.6 Å². The normalized spacial score (nSPS) is 16.2. The van der Waals surface area contributed by atoms with Crippen LogP contribution < -0.4 is 10.1 Å². The van der Waals surface area contributed by atoms with E-state index in [-0.39, 0.29) is 18.0 Å². The molecule has 1 aliphatic rings. The number of nitrogens with zero attached hydrogens (tertiary/aromatic N) is 2. The molecule has 2 heterocycles. The van der Waals surface area contributed by atoms with Crippen molar-refractivity contribution in [2.45, 2.75) is 37.9 Å². The van der Waals surface area contributed by atoms with Crippen LogP contribution in [0.4, 0.5) is 18.9 Å². The first-order chi connectivity index (χ1) is 15.8. The zero-order valence-electron chi connectivity index (χ0n) is 18.6. The lowest BCUT2D eigenvalue weighted by Crippen LogP contribution is -2.30. The summed E-state index contributed by atoms with van der Waals surface area (Å²) < 4.78 is 51.4. The van der Waals surface area contributed by atoms with Gasteiger partial charge in [0.25, 0.3) is 0 Å². The number of hydrogen-bond donors (Lipinski definition) is 1. The number of alkyl halides is 3. The van der Waals surface area contributed by atoms with Crippen LogP contribution >= 0.6 is 11.8 Å². The average Bonchev–Trinajstić information content (AvgIpc) is 3.12. The van der Waals surface area contributed by atoms with E-state index in [9.17, 15) is 18.0 Å². The number of carbonyl (C=O) groups is 1. The van der Waals surface area contributed by atoms with E-state index < -0.39 is 23.2 Å². The highest BCUT2D eigenvalue weighted by Crippen LogP contribution is 2.44. The summed E-state index contributed by atoms with van der Waals surface area (Å²) in [4.78, 5) is 18.6. The number of hydrogen-bond acceptors (Lipinski definition) is 7. The molecule has 1 aliphatic heterocycles. The third kappa shape index (κ3) is 5.93. The van der Waals surface area contributed by atoms with E-state index >= 15 is 0 Å². The molecular formula is C23H26F3N3O3S. The van der Waals surface area contributed by atoms with Crippen LogP contribution in [-0.2, 0) is 15.7 Å².